The number of para-hydroxylation sites is 1. The zero-order chi connectivity index (χ0) is 13.9. The lowest BCUT2D eigenvalue weighted by molar-refractivity contribution is 0.000961. The van der Waals surface area contributed by atoms with Crippen molar-refractivity contribution in [3.63, 3.8) is 0 Å². The second kappa shape index (κ2) is 5.95. The second-order valence-corrected chi connectivity index (χ2v) is 5.71. The molecule has 1 saturated heterocycles. The van der Waals surface area contributed by atoms with Gasteiger partial charge in [0.25, 0.3) is 0 Å². The number of aromatic nitrogens is 1. The summed E-state index contributed by atoms with van der Waals surface area (Å²) in [6.07, 6.45) is 3.51. The van der Waals surface area contributed by atoms with Gasteiger partial charge in [-0.25, -0.2) is 0 Å². The zero-order valence-corrected chi connectivity index (χ0v) is 11.6. The van der Waals surface area contributed by atoms with E-state index in [1.165, 1.54) is 16.5 Å². The monoisotopic (exact) mass is 274 g/mol. The number of aliphatic hydroxyl groups is 2. The minimum Gasteiger partial charge on any atom is -0.396 e. The summed E-state index contributed by atoms with van der Waals surface area (Å²) in [5.41, 5.74) is 2.53. The number of aliphatic hydroxyl groups excluding tert-OH is 2. The number of fused-ring (bicyclic) bond motifs is 1. The molecule has 4 nitrogen and oxygen atoms in total. The van der Waals surface area contributed by atoms with E-state index in [9.17, 15) is 10.2 Å². The number of rotatable bonds is 4. The number of hydrogen-bond acceptors (Lipinski definition) is 3. The Labute approximate surface area is 119 Å². The fourth-order valence-electron chi connectivity index (χ4n) is 3.09. The quantitative estimate of drug-likeness (QED) is 0.789. The van der Waals surface area contributed by atoms with Gasteiger partial charge in [-0.15, -0.1) is 0 Å². The van der Waals surface area contributed by atoms with Crippen molar-refractivity contribution in [3.05, 3.63) is 36.0 Å². The van der Waals surface area contributed by atoms with Gasteiger partial charge in [0.15, 0.2) is 0 Å². The molecule has 20 heavy (non-hydrogen) atoms. The van der Waals surface area contributed by atoms with Gasteiger partial charge >= 0.3 is 0 Å². The van der Waals surface area contributed by atoms with Crippen LogP contribution < -0.4 is 0 Å². The molecule has 0 saturated carbocycles. The van der Waals surface area contributed by atoms with Crippen molar-refractivity contribution in [2.45, 2.75) is 18.9 Å². The van der Waals surface area contributed by atoms with E-state index < -0.39 is 0 Å². The maximum atomic E-state index is 9.79. The van der Waals surface area contributed by atoms with Crippen LogP contribution in [-0.2, 0) is 6.42 Å². The lowest BCUT2D eigenvalue weighted by Gasteiger charge is -2.35. The third kappa shape index (κ3) is 2.73. The Hall–Kier alpha value is -1.36. The summed E-state index contributed by atoms with van der Waals surface area (Å²) >= 11 is 0. The molecule has 0 amide bonds. The molecule has 0 aliphatic carbocycles. The van der Waals surface area contributed by atoms with Crippen molar-refractivity contribution in [2.24, 2.45) is 5.92 Å². The first-order valence-electron chi connectivity index (χ1n) is 7.34. The lowest BCUT2D eigenvalue weighted by atomic mass is 9.95. The Kier molecular flexibility index (Phi) is 4.05. The minimum atomic E-state index is -0.343. The summed E-state index contributed by atoms with van der Waals surface area (Å²) in [7, 11) is 0. The molecule has 1 aliphatic heterocycles. The normalized spacial score (nSPS) is 24.3. The SMILES string of the molecule is OCC1CN(CCc2c[nH]c3ccccc23)CCC1O. The lowest BCUT2D eigenvalue weighted by Crippen LogP contribution is -2.45. The number of benzene rings is 1. The van der Waals surface area contributed by atoms with Crippen LogP contribution in [0.4, 0.5) is 0 Å². The van der Waals surface area contributed by atoms with E-state index in [1.54, 1.807) is 0 Å². The zero-order valence-electron chi connectivity index (χ0n) is 11.6. The maximum absolute atomic E-state index is 9.79. The van der Waals surface area contributed by atoms with Crippen molar-refractivity contribution in [1.82, 2.24) is 9.88 Å². The van der Waals surface area contributed by atoms with Crippen molar-refractivity contribution in [3.8, 4) is 0 Å². The van der Waals surface area contributed by atoms with Crippen LogP contribution in [0.2, 0.25) is 0 Å². The molecular weight excluding hydrogens is 252 g/mol. The van der Waals surface area contributed by atoms with E-state index in [2.05, 4.69) is 34.3 Å². The van der Waals surface area contributed by atoms with Gasteiger partial charge in [-0.05, 0) is 24.5 Å². The summed E-state index contributed by atoms with van der Waals surface area (Å²) in [5, 5.41) is 20.4. The molecule has 2 heterocycles. The molecule has 2 unspecified atom stereocenters. The van der Waals surface area contributed by atoms with Crippen LogP contribution in [0.5, 0.6) is 0 Å². The van der Waals surface area contributed by atoms with E-state index in [-0.39, 0.29) is 18.6 Å². The molecule has 0 spiro atoms. The van der Waals surface area contributed by atoms with Gasteiger partial charge in [-0.3, -0.25) is 0 Å². The summed E-state index contributed by atoms with van der Waals surface area (Å²) in [5.74, 6) is 0.00622. The fourth-order valence-corrected chi connectivity index (χ4v) is 3.09. The van der Waals surface area contributed by atoms with Crippen molar-refractivity contribution >= 4 is 10.9 Å². The van der Waals surface area contributed by atoms with Crippen molar-refractivity contribution < 1.29 is 10.2 Å². The molecular formula is C16H22N2O2. The van der Waals surface area contributed by atoms with Gasteiger partial charge in [0.2, 0.25) is 0 Å². The number of aromatic amines is 1. The van der Waals surface area contributed by atoms with Crippen LogP contribution in [0.25, 0.3) is 10.9 Å². The summed E-state index contributed by atoms with van der Waals surface area (Å²) in [4.78, 5) is 5.65. The van der Waals surface area contributed by atoms with Gasteiger partial charge in [-0.2, -0.15) is 0 Å². The number of nitrogens with zero attached hydrogens (tertiary/aromatic N) is 1. The predicted molar refractivity (Wildman–Crippen MR) is 79.6 cm³/mol. The molecule has 4 heteroatoms. The van der Waals surface area contributed by atoms with Crippen LogP contribution in [-0.4, -0.2) is 52.4 Å². The number of piperidine rings is 1. The second-order valence-electron chi connectivity index (χ2n) is 5.71. The van der Waals surface area contributed by atoms with Crippen LogP contribution in [0, 0.1) is 5.92 Å². The molecule has 1 aliphatic rings. The first kappa shape index (κ1) is 13.6. The summed E-state index contributed by atoms with van der Waals surface area (Å²) in [6.45, 7) is 2.76. The van der Waals surface area contributed by atoms with E-state index in [1.807, 2.05) is 6.07 Å². The van der Waals surface area contributed by atoms with Crippen LogP contribution in [0.15, 0.2) is 30.5 Å². The van der Waals surface area contributed by atoms with Crippen LogP contribution in [0.1, 0.15) is 12.0 Å². The first-order chi connectivity index (χ1) is 9.78. The molecule has 2 atom stereocenters. The number of nitrogens with one attached hydrogen (secondary N) is 1. The highest BCUT2D eigenvalue weighted by molar-refractivity contribution is 5.83. The Balaban J connectivity index is 1.62. The minimum absolute atomic E-state index is 0.00622. The highest BCUT2D eigenvalue weighted by Crippen LogP contribution is 2.20. The standard InChI is InChI=1S/C16H22N2O2/c19-11-13-10-18(8-6-16(13)20)7-5-12-9-17-15-4-2-1-3-14(12)15/h1-4,9,13,16-17,19-20H,5-8,10-11H2. The first-order valence-corrected chi connectivity index (χ1v) is 7.34. The van der Waals surface area contributed by atoms with E-state index in [0.717, 1.165) is 32.5 Å². The predicted octanol–water partition coefficient (Wildman–Crippen LogP) is 1.39. The highest BCUT2D eigenvalue weighted by atomic mass is 16.3. The fraction of sp³-hybridized carbons (Fsp3) is 0.500. The van der Waals surface area contributed by atoms with Crippen LogP contribution >= 0.6 is 0 Å². The molecule has 3 rings (SSSR count). The summed E-state index contributed by atoms with van der Waals surface area (Å²) in [6, 6.07) is 8.36. The number of H-pyrrole nitrogens is 1. The van der Waals surface area contributed by atoms with E-state index in [0.29, 0.717) is 0 Å². The van der Waals surface area contributed by atoms with Crippen molar-refractivity contribution in [1.29, 1.82) is 0 Å². The molecule has 1 aromatic heterocycles. The molecule has 0 radical (unpaired) electrons. The third-order valence-corrected chi connectivity index (χ3v) is 4.38. The van der Waals surface area contributed by atoms with Gasteiger partial charge in [0.05, 0.1) is 6.10 Å². The Morgan fingerprint density at radius 1 is 1.30 bits per heavy atom. The Morgan fingerprint density at radius 3 is 3.00 bits per heavy atom. The molecule has 2 aromatic rings. The van der Waals surface area contributed by atoms with Crippen molar-refractivity contribution in [2.75, 3.05) is 26.2 Å². The number of hydrogen-bond donors (Lipinski definition) is 3. The molecule has 0 bridgehead atoms. The Bertz CT molecular complexity index is 566. The maximum Gasteiger partial charge on any atom is 0.0614 e. The van der Waals surface area contributed by atoms with Gasteiger partial charge < -0.3 is 20.1 Å². The van der Waals surface area contributed by atoms with Gasteiger partial charge in [0, 0.05) is 49.3 Å². The average Bonchev–Trinajstić information content (AvgIpc) is 2.90. The van der Waals surface area contributed by atoms with Crippen LogP contribution in [0.3, 0.4) is 0 Å². The third-order valence-electron chi connectivity index (χ3n) is 4.38. The van der Waals surface area contributed by atoms with Gasteiger partial charge in [-0.1, -0.05) is 18.2 Å². The smallest absolute Gasteiger partial charge is 0.0614 e. The average molecular weight is 274 g/mol. The topological polar surface area (TPSA) is 59.5 Å². The molecule has 1 aromatic carbocycles. The largest absolute Gasteiger partial charge is 0.396 e. The summed E-state index contributed by atoms with van der Waals surface area (Å²) < 4.78 is 0. The van der Waals surface area contributed by atoms with E-state index >= 15 is 0 Å². The molecule has 3 N–H and O–H groups in total. The van der Waals surface area contributed by atoms with Gasteiger partial charge in [0.1, 0.15) is 0 Å². The number of likely N-dealkylation sites (tertiary alicyclic amines) is 1. The Morgan fingerprint density at radius 2 is 2.15 bits per heavy atom. The molecule has 108 valence electrons. The molecule has 1 fully saturated rings. The highest BCUT2D eigenvalue weighted by Gasteiger charge is 2.26. The van der Waals surface area contributed by atoms with E-state index in [4.69, 9.17) is 0 Å².